The van der Waals surface area contributed by atoms with Gasteiger partial charge in [0, 0.05) is 23.8 Å². The monoisotopic (exact) mass is 336 g/mol. The highest BCUT2D eigenvalue weighted by Gasteiger charge is 2.36. The zero-order valence-corrected chi connectivity index (χ0v) is 13.5. The molecule has 7 nitrogen and oxygen atoms in total. The fraction of sp³-hybridized carbons (Fsp3) is 0.667. The van der Waals surface area contributed by atoms with Crippen LogP contribution in [0.1, 0.15) is 13.3 Å². The van der Waals surface area contributed by atoms with Gasteiger partial charge >= 0.3 is 12.0 Å². The quantitative estimate of drug-likeness (QED) is 0.686. The van der Waals surface area contributed by atoms with Crippen molar-refractivity contribution >= 4 is 33.6 Å². The minimum atomic E-state index is -3.41. The number of rotatable bonds is 6. The second kappa shape index (κ2) is 7.69. The third-order valence-corrected chi connectivity index (χ3v) is 6.45. The molecule has 120 valence electrons. The van der Waals surface area contributed by atoms with E-state index in [0.717, 1.165) is 0 Å². The molecule has 0 bridgehead atoms. The summed E-state index contributed by atoms with van der Waals surface area (Å²) in [6.45, 7) is 5.25. The molecule has 0 saturated carbocycles. The fourth-order valence-corrected chi connectivity index (χ4v) is 4.89. The second-order valence-electron chi connectivity index (χ2n) is 4.54. The van der Waals surface area contributed by atoms with E-state index < -0.39 is 33.3 Å². The number of carboxylic acids is 1. The SMILES string of the molecule is C=CCC(NC(=O)N1CCSCC1S(=O)(=O)CC)C(=O)O. The molecule has 0 aromatic carbocycles. The number of sulfone groups is 1. The number of carboxylic acid groups (broad SMARTS) is 1. The van der Waals surface area contributed by atoms with E-state index in [9.17, 15) is 18.0 Å². The van der Waals surface area contributed by atoms with Crippen LogP contribution in [0.2, 0.25) is 0 Å². The Bertz CT molecular complexity index is 506. The smallest absolute Gasteiger partial charge is 0.326 e. The molecule has 2 unspecified atom stereocenters. The average Bonchev–Trinajstić information content (AvgIpc) is 2.46. The van der Waals surface area contributed by atoms with Crippen LogP contribution in [0.15, 0.2) is 12.7 Å². The molecule has 0 aliphatic carbocycles. The van der Waals surface area contributed by atoms with E-state index in [1.807, 2.05) is 0 Å². The third kappa shape index (κ3) is 4.63. The first-order chi connectivity index (χ1) is 9.83. The van der Waals surface area contributed by atoms with Gasteiger partial charge in [-0.2, -0.15) is 11.8 Å². The van der Waals surface area contributed by atoms with Gasteiger partial charge in [-0.1, -0.05) is 13.0 Å². The molecule has 1 aliphatic heterocycles. The molecule has 1 rings (SSSR count). The summed E-state index contributed by atoms with van der Waals surface area (Å²) in [5, 5.41) is 10.5. The lowest BCUT2D eigenvalue weighted by Gasteiger charge is -2.35. The Balaban J connectivity index is 2.87. The number of nitrogens with one attached hydrogen (secondary N) is 1. The fourth-order valence-electron chi connectivity index (χ4n) is 1.92. The topological polar surface area (TPSA) is 104 Å². The van der Waals surface area contributed by atoms with Crippen molar-refractivity contribution < 1.29 is 23.1 Å². The maximum absolute atomic E-state index is 12.2. The summed E-state index contributed by atoms with van der Waals surface area (Å²) in [5.74, 6) is -0.299. The zero-order valence-electron chi connectivity index (χ0n) is 11.8. The number of hydrogen-bond donors (Lipinski definition) is 2. The molecule has 1 heterocycles. The summed E-state index contributed by atoms with van der Waals surface area (Å²) in [5.41, 5.74) is 0. The molecule has 0 radical (unpaired) electrons. The largest absolute Gasteiger partial charge is 0.480 e. The van der Waals surface area contributed by atoms with Crippen molar-refractivity contribution in [1.82, 2.24) is 10.2 Å². The van der Waals surface area contributed by atoms with Crippen molar-refractivity contribution in [2.24, 2.45) is 0 Å². The van der Waals surface area contributed by atoms with Gasteiger partial charge in [-0.3, -0.25) is 0 Å². The Kier molecular flexibility index (Phi) is 6.53. The summed E-state index contributed by atoms with van der Waals surface area (Å²) >= 11 is 1.47. The molecule has 0 spiro atoms. The molecular weight excluding hydrogens is 316 g/mol. The lowest BCUT2D eigenvalue weighted by Crippen LogP contribution is -2.56. The molecular formula is C12H20N2O5S2. The van der Waals surface area contributed by atoms with Gasteiger partial charge in [0.25, 0.3) is 0 Å². The lowest BCUT2D eigenvalue weighted by molar-refractivity contribution is -0.139. The maximum atomic E-state index is 12.2. The number of carbonyl (C=O) groups excluding carboxylic acids is 1. The predicted molar refractivity (Wildman–Crippen MR) is 82.0 cm³/mol. The number of hydrogen-bond acceptors (Lipinski definition) is 5. The van der Waals surface area contributed by atoms with Gasteiger partial charge in [0.15, 0.2) is 9.84 Å². The molecule has 2 atom stereocenters. The van der Waals surface area contributed by atoms with Crippen LogP contribution in [0.5, 0.6) is 0 Å². The van der Waals surface area contributed by atoms with E-state index in [-0.39, 0.29) is 18.7 Å². The Morgan fingerprint density at radius 3 is 2.76 bits per heavy atom. The number of urea groups is 1. The van der Waals surface area contributed by atoms with Crippen LogP contribution in [0, 0.1) is 0 Å². The summed E-state index contributed by atoms with van der Waals surface area (Å²) in [7, 11) is -3.41. The molecule has 0 aromatic rings. The van der Waals surface area contributed by atoms with E-state index in [2.05, 4.69) is 11.9 Å². The first-order valence-electron chi connectivity index (χ1n) is 6.53. The van der Waals surface area contributed by atoms with Crippen LogP contribution in [0.4, 0.5) is 4.79 Å². The van der Waals surface area contributed by atoms with Gasteiger partial charge in [0.2, 0.25) is 0 Å². The lowest BCUT2D eigenvalue weighted by atomic mass is 10.2. The van der Waals surface area contributed by atoms with Gasteiger partial charge < -0.3 is 15.3 Å². The van der Waals surface area contributed by atoms with E-state index >= 15 is 0 Å². The number of amides is 2. The molecule has 1 aliphatic rings. The normalized spacial score (nSPS) is 20.6. The van der Waals surface area contributed by atoms with E-state index in [4.69, 9.17) is 5.11 Å². The van der Waals surface area contributed by atoms with Crippen LogP contribution in [0.25, 0.3) is 0 Å². The van der Waals surface area contributed by atoms with Crippen LogP contribution in [-0.4, -0.2) is 65.6 Å². The summed E-state index contributed by atoms with van der Waals surface area (Å²) in [6, 6.07) is -1.76. The Morgan fingerprint density at radius 1 is 1.57 bits per heavy atom. The van der Waals surface area contributed by atoms with Crippen LogP contribution < -0.4 is 5.32 Å². The number of aliphatic carboxylic acids is 1. The van der Waals surface area contributed by atoms with E-state index in [0.29, 0.717) is 11.5 Å². The van der Waals surface area contributed by atoms with Crippen LogP contribution >= 0.6 is 11.8 Å². The van der Waals surface area contributed by atoms with Crippen molar-refractivity contribution in [2.45, 2.75) is 24.8 Å². The molecule has 21 heavy (non-hydrogen) atoms. The standard InChI is InChI=1S/C12H20N2O5S2/c1-3-5-9(11(15)16)13-12(17)14-6-7-20-8-10(14)21(18,19)4-2/h3,9-10H,1,4-8H2,2H3,(H,13,17)(H,15,16). The Labute approximate surface area is 128 Å². The molecule has 2 N–H and O–H groups in total. The van der Waals surface area contributed by atoms with Gasteiger partial charge in [-0.25, -0.2) is 18.0 Å². The van der Waals surface area contributed by atoms with Crippen molar-refractivity contribution in [3.8, 4) is 0 Å². The van der Waals surface area contributed by atoms with Gasteiger partial charge in [0.1, 0.15) is 11.4 Å². The first-order valence-corrected chi connectivity index (χ1v) is 9.40. The van der Waals surface area contributed by atoms with E-state index in [1.165, 1.54) is 29.7 Å². The molecule has 1 fully saturated rings. The van der Waals surface area contributed by atoms with Crippen molar-refractivity contribution in [3.63, 3.8) is 0 Å². The molecule has 1 saturated heterocycles. The highest BCUT2D eigenvalue weighted by atomic mass is 32.2. The average molecular weight is 336 g/mol. The molecule has 9 heteroatoms. The van der Waals surface area contributed by atoms with Crippen molar-refractivity contribution in [3.05, 3.63) is 12.7 Å². The minimum Gasteiger partial charge on any atom is -0.480 e. The number of nitrogens with zero attached hydrogens (tertiary/aromatic N) is 1. The Hall–Kier alpha value is -1.22. The van der Waals surface area contributed by atoms with Crippen molar-refractivity contribution in [2.75, 3.05) is 23.8 Å². The molecule has 0 aromatic heterocycles. The minimum absolute atomic E-state index is 0.0585. The molecule has 2 amide bonds. The van der Waals surface area contributed by atoms with Gasteiger partial charge in [-0.05, 0) is 6.42 Å². The number of carbonyl (C=O) groups is 2. The zero-order chi connectivity index (χ0) is 16.0. The second-order valence-corrected chi connectivity index (χ2v) is 8.14. The van der Waals surface area contributed by atoms with Crippen LogP contribution in [-0.2, 0) is 14.6 Å². The summed E-state index contributed by atoms with van der Waals surface area (Å²) < 4.78 is 24.1. The third-order valence-electron chi connectivity index (χ3n) is 3.16. The first kappa shape index (κ1) is 17.8. The summed E-state index contributed by atoms with van der Waals surface area (Å²) in [6.07, 6.45) is 1.47. The summed E-state index contributed by atoms with van der Waals surface area (Å²) in [4.78, 5) is 24.5. The van der Waals surface area contributed by atoms with E-state index in [1.54, 1.807) is 0 Å². The highest BCUT2D eigenvalue weighted by Crippen LogP contribution is 2.21. The maximum Gasteiger partial charge on any atom is 0.326 e. The van der Waals surface area contributed by atoms with Crippen LogP contribution in [0.3, 0.4) is 0 Å². The van der Waals surface area contributed by atoms with Crippen molar-refractivity contribution in [1.29, 1.82) is 0 Å². The Morgan fingerprint density at radius 2 is 2.24 bits per heavy atom. The predicted octanol–water partition coefficient (Wildman–Crippen LogP) is 0.535. The number of thioether (sulfide) groups is 1. The van der Waals surface area contributed by atoms with Gasteiger partial charge in [-0.15, -0.1) is 6.58 Å². The van der Waals surface area contributed by atoms with Gasteiger partial charge in [0.05, 0.1) is 0 Å². The highest BCUT2D eigenvalue weighted by molar-refractivity contribution is 8.01.